The summed E-state index contributed by atoms with van der Waals surface area (Å²) < 4.78 is 0. The Morgan fingerprint density at radius 1 is 1.19 bits per heavy atom. The number of hydrogen-bond acceptors (Lipinski definition) is 3. The van der Waals surface area contributed by atoms with Gasteiger partial charge in [-0.05, 0) is 18.9 Å². The SMILES string of the molecule is Cc1cc(C(C)(C)C)nc(C(N)C(C)C)n1. The lowest BCUT2D eigenvalue weighted by Crippen LogP contribution is -2.23. The highest BCUT2D eigenvalue weighted by Crippen LogP contribution is 2.23. The van der Waals surface area contributed by atoms with Crippen molar-refractivity contribution in [3.05, 3.63) is 23.3 Å². The summed E-state index contributed by atoms with van der Waals surface area (Å²) in [6.07, 6.45) is 0. The minimum atomic E-state index is -0.0824. The van der Waals surface area contributed by atoms with E-state index >= 15 is 0 Å². The van der Waals surface area contributed by atoms with Crippen molar-refractivity contribution < 1.29 is 0 Å². The van der Waals surface area contributed by atoms with E-state index in [1.54, 1.807) is 0 Å². The van der Waals surface area contributed by atoms with Crippen molar-refractivity contribution in [1.82, 2.24) is 9.97 Å². The van der Waals surface area contributed by atoms with Crippen molar-refractivity contribution in [3.63, 3.8) is 0 Å². The molecule has 0 radical (unpaired) electrons. The average molecular weight is 221 g/mol. The summed E-state index contributed by atoms with van der Waals surface area (Å²) in [6, 6.07) is 1.96. The third kappa shape index (κ3) is 3.01. The van der Waals surface area contributed by atoms with Gasteiger partial charge in [-0.15, -0.1) is 0 Å². The zero-order chi connectivity index (χ0) is 12.5. The van der Waals surface area contributed by atoms with Gasteiger partial charge < -0.3 is 5.73 Å². The maximum absolute atomic E-state index is 6.09. The lowest BCUT2D eigenvalue weighted by Gasteiger charge is -2.21. The molecule has 1 heterocycles. The second-order valence-corrected chi connectivity index (χ2v) is 5.77. The molecule has 1 unspecified atom stereocenters. The molecule has 0 aliphatic carbocycles. The van der Waals surface area contributed by atoms with Crippen molar-refractivity contribution in [2.45, 2.75) is 53.0 Å². The van der Waals surface area contributed by atoms with Gasteiger partial charge in [-0.25, -0.2) is 9.97 Å². The van der Waals surface area contributed by atoms with Gasteiger partial charge in [0.1, 0.15) is 5.82 Å². The summed E-state index contributed by atoms with van der Waals surface area (Å²) in [7, 11) is 0. The molecule has 0 saturated carbocycles. The molecule has 0 saturated heterocycles. The first kappa shape index (κ1) is 13.1. The van der Waals surface area contributed by atoms with Crippen LogP contribution in [0.25, 0.3) is 0 Å². The molecule has 3 nitrogen and oxygen atoms in total. The molecule has 0 spiro atoms. The van der Waals surface area contributed by atoms with Gasteiger partial charge in [-0.3, -0.25) is 0 Å². The predicted octanol–water partition coefficient (Wildman–Crippen LogP) is 2.74. The van der Waals surface area contributed by atoms with Crippen molar-refractivity contribution in [2.24, 2.45) is 11.7 Å². The summed E-state index contributed by atoms with van der Waals surface area (Å²) in [4.78, 5) is 9.02. The third-order valence-corrected chi connectivity index (χ3v) is 2.66. The van der Waals surface area contributed by atoms with Gasteiger partial charge >= 0.3 is 0 Å². The number of hydrogen-bond donors (Lipinski definition) is 1. The van der Waals surface area contributed by atoms with Crippen LogP contribution in [0, 0.1) is 12.8 Å². The molecule has 0 aliphatic heterocycles. The molecule has 2 N–H and O–H groups in total. The van der Waals surface area contributed by atoms with Gasteiger partial charge in [0.2, 0.25) is 0 Å². The van der Waals surface area contributed by atoms with Gasteiger partial charge in [0, 0.05) is 16.8 Å². The van der Waals surface area contributed by atoms with Crippen molar-refractivity contribution in [2.75, 3.05) is 0 Å². The normalized spacial score (nSPS) is 14.2. The Labute approximate surface area is 98.5 Å². The van der Waals surface area contributed by atoms with E-state index in [0.29, 0.717) is 5.92 Å². The molecule has 1 atom stereocenters. The van der Waals surface area contributed by atoms with E-state index in [9.17, 15) is 0 Å². The molecular formula is C13H23N3. The topological polar surface area (TPSA) is 51.8 Å². The highest BCUT2D eigenvalue weighted by molar-refractivity contribution is 5.18. The lowest BCUT2D eigenvalue weighted by atomic mass is 9.91. The molecule has 90 valence electrons. The quantitative estimate of drug-likeness (QED) is 0.835. The predicted molar refractivity (Wildman–Crippen MR) is 67.2 cm³/mol. The zero-order valence-electron chi connectivity index (χ0n) is 11.2. The van der Waals surface area contributed by atoms with Crippen LogP contribution in [0.4, 0.5) is 0 Å². The van der Waals surface area contributed by atoms with E-state index in [0.717, 1.165) is 17.2 Å². The highest BCUT2D eigenvalue weighted by Gasteiger charge is 2.20. The fourth-order valence-electron chi connectivity index (χ4n) is 1.42. The summed E-state index contributed by atoms with van der Waals surface area (Å²) >= 11 is 0. The van der Waals surface area contributed by atoms with Crippen LogP contribution in [0.15, 0.2) is 6.07 Å². The van der Waals surface area contributed by atoms with Crippen molar-refractivity contribution >= 4 is 0 Å². The number of aryl methyl sites for hydroxylation is 1. The molecule has 1 aromatic heterocycles. The second-order valence-electron chi connectivity index (χ2n) is 5.77. The zero-order valence-corrected chi connectivity index (χ0v) is 11.2. The first-order valence-electron chi connectivity index (χ1n) is 5.83. The van der Waals surface area contributed by atoms with E-state index < -0.39 is 0 Å². The summed E-state index contributed by atoms with van der Waals surface area (Å²) in [5.41, 5.74) is 8.19. The van der Waals surface area contributed by atoms with E-state index in [-0.39, 0.29) is 11.5 Å². The monoisotopic (exact) mass is 221 g/mol. The van der Waals surface area contributed by atoms with Crippen LogP contribution >= 0.6 is 0 Å². The van der Waals surface area contributed by atoms with Gasteiger partial charge in [0.15, 0.2) is 0 Å². The minimum Gasteiger partial charge on any atom is -0.321 e. The van der Waals surface area contributed by atoms with E-state index in [2.05, 4.69) is 44.6 Å². The first-order valence-corrected chi connectivity index (χ1v) is 5.83. The summed E-state index contributed by atoms with van der Waals surface area (Å²) in [5, 5.41) is 0. The molecule has 0 bridgehead atoms. The summed E-state index contributed by atoms with van der Waals surface area (Å²) in [6.45, 7) is 12.6. The van der Waals surface area contributed by atoms with Crippen LogP contribution in [0.1, 0.15) is 57.9 Å². The van der Waals surface area contributed by atoms with E-state index in [1.807, 2.05) is 13.0 Å². The molecule has 0 aliphatic rings. The van der Waals surface area contributed by atoms with Gasteiger partial charge in [-0.2, -0.15) is 0 Å². The maximum Gasteiger partial charge on any atom is 0.145 e. The number of nitrogens with zero attached hydrogens (tertiary/aromatic N) is 2. The molecule has 0 fully saturated rings. The maximum atomic E-state index is 6.09. The Balaban J connectivity index is 3.18. The van der Waals surface area contributed by atoms with Crippen LogP contribution in [0.2, 0.25) is 0 Å². The van der Waals surface area contributed by atoms with Crippen LogP contribution in [-0.2, 0) is 5.41 Å². The number of aromatic nitrogens is 2. The second kappa shape index (κ2) is 4.50. The van der Waals surface area contributed by atoms with Crippen LogP contribution in [0.5, 0.6) is 0 Å². The smallest absolute Gasteiger partial charge is 0.145 e. The molecule has 0 amide bonds. The molecular weight excluding hydrogens is 198 g/mol. The fraction of sp³-hybridized carbons (Fsp3) is 0.692. The Bertz CT molecular complexity index is 364. The fourth-order valence-corrected chi connectivity index (χ4v) is 1.42. The third-order valence-electron chi connectivity index (χ3n) is 2.66. The van der Waals surface area contributed by atoms with Crippen LogP contribution in [0.3, 0.4) is 0 Å². The molecule has 1 aromatic rings. The molecule has 16 heavy (non-hydrogen) atoms. The van der Waals surface area contributed by atoms with Crippen LogP contribution in [-0.4, -0.2) is 9.97 Å². The van der Waals surface area contributed by atoms with Gasteiger partial charge in [0.25, 0.3) is 0 Å². The first-order chi connectivity index (χ1) is 7.21. The highest BCUT2D eigenvalue weighted by atomic mass is 14.9. The van der Waals surface area contributed by atoms with Gasteiger partial charge in [-0.1, -0.05) is 34.6 Å². The molecule has 0 aromatic carbocycles. The average Bonchev–Trinajstić information content (AvgIpc) is 2.14. The Morgan fingerprint density at radius 2 is 1.75 bits per heavy atom. The number of rotatable bonds is 2. The van der Waals surface area contributed by atoms with E-state index in [4.69, 9.17) is 5.73 Å². The number of nitrogens with two attached hydrogens (primary N) is 1. The summed E-state index contributed by atoms with van der Waals surface area (Å²) in [5.74, 6) is 1.12. The molecule has 3 heteroatoms. The van der Waals surface area contributed by atoms with Crippen molar-refractivity contribution in [1.29, 1.82) is 0 Å². The van der Waals surface area contributed by atoms with Gasteiger partial charge in [0.05, 0.1) is 6.04 Å². The Morgan fingerprint density at radius 3 is 2.19 bits per heavy atom. The Hall–Kier alpha value is -0.960. The largest absolute Gasteiger partial charge is 0.321 e. The molecule has 1 rings (SSSR count). The Kier molecular flexibility index (Phi) is 3.68. The van der Waals surface area contributed by atoms with E-state index in [1.165, 1.54) is 0 Å². The minimum absolute atomic E-state index is 0.0408. The lowest BCUT2D eigenvalue weighted by molar-refractivity contribution is 0.477. The van der Waals surface area contributed by atoms with Crippen LogP contribution < -0.4 is 5.73 Å². The van der Waals surface area contributed by atoms with Crippen molar-refractivity contribution in [3.8, 4) is 0 Å². The standard InChI is InChI=1S/C13H23N3/c1-8(2)11(14)12-15-9(3)7-10(16-12)13(4,5)6/h7-8,11H,14H2,1-6H3.